The van der Waals surface area contributed by atoms with Gasteiger partial charge in [0.25, 0.3) is 5.91 Å². The molecule has 1 atom stereocenters. The molecule has 0 aliphatic rings. The summed E-state index contributed by atoms with van der Waals surface area (Å²) in [4.78, 5) is 25.6. The van der Waals surface area contributed by atoms with E-state index in [9.17, 15) is 14.0 Å². The van der Waals surface area contributed by atoms with Crippen molar-refractivity contribution in [2.24, 2.45) is 5.73 Å². The monoisotopic (exact) mass is 542 g/mol. The van der Waals surface area contributed by atoms with Crippen molar-refractivity contribution >= 4 is 56.9 Å². The predicted octanol–water partition coefficient (Wildman–Crippen LogP) is 5.28. The molecule has 0 saturated carbocycles. The van der Waals surface area contributed by atoms with Crippen LogP contribution < -0.4 is 10.5 Å². The molecule has 30 heavy (non-hydrogen) atoms. The molecule has 158 valence electrons. The van der Waals surface area contributed by atoms with Crippen molar-refractivity contribution in [1.29, 1.82) is 0 Å². The Morgan fingerprint density at radius 2 is 1.90 bits per heavy atom. The molecule has 1 aromatic heterocycles. The highest BCUT2D eigenvalue weighted by Gasteiger charge is 2.36. The molecular weight excluding hydrogens is 522 g/mol. The van der Waals surface area contributed by atoms with Crippen LogP contribution in [0.25, 0.3) is 10.9 Å². The van der Waals surface area contributed by atoms with Crippen molar-refractivity contribution in [3.63, 3.8) is 0 Å². The summed E-state index contributed by atoms with van der Waals surface area (Å²) < 4.78 is 22.5. The topological polar surface area (TPSA) is 74.3 Å². The van der Waals surface area contributed by atoms with Crippen molar-refractivity contribution < 1.29 is 18.7 Å². The minimum absolute atomic E-state index is 0.0429. The van der Waals surface area contributed by atoms with Crippen LogP contribution in [0.15, 0.2) is 36.5 Å². The summed E-state index contributed by atoms with van der Waals surface area (Å²) in [5, 5.41) is 0.204. The van der Waals surface area contributed by atoms with Gasteiger partial charge in [0.1, 0.15) is 5.02 Å². The lowest BCUT2D eigenvalue weighted by molar-refractivity contribution is -0.123. The number of aromatic nitrogens is 1. The largest absolute Gasteiger partial charge is 0.491 e. The number of ether oxygens (including phenoxy) is 1. The molecule has 0 bridgehead atoms. The lowest BCUT2D eigenvalue weighted by Crippen LogP contribution is -2.37. The summed E-state index contributed by atoms with van der Waals surface area (Å²) in [6, 6.07) is 8.44. The first-order valence-corrected chi connectivity index (χ1v) is 10.9. The van der Waals surface area contributed by atoms with Crippen molar-refractivity contribution in [2.45, 2.75) is 32.6 Å². The highest BCUT2D eigenvalue weighted by molar-refractivity contribution is 14.1. The van der Waals surface area contributed by atoms with E-state index in [0.29, 0.717) is 22.9 Å². The number of hydrogen-bond donors (Lipinski definition) is 1. The summed E-state index contributed by atoms with van der Waals surface area (Å²) in [7, 11) is 0. The van der Waals surface area contributed by atoms with E-state index in [-0.39, 0.29) is 22.9 Å². The zero-order valence-electron chi connectivity index (χ0n) is 16.8. The molecule has 0 saturated heterocycles. The number of halogens is 3. The van der Waals surface area contributed by atoms with Gasteiger partial charge in [-0.15, -0.1) is 0 Å². The Bertz CT molecular complexity index is 1140. The Balaban J connectivity index is 2.38. The van der Waals surface area contributed by atoms with E-state index >= 15 is 0 Å². The predicted molar refractivity (Wildman–Crippen MR) is 124 cm³/mol. The highest BCUT2D eigenvalue weighted by atomic mass is 127. The van der Waals surface area contributed by atoms with Crippen LogP contribution in [0.2, 0.25) is 5.02 Å². The first kappa shape index (κ1) is 22.6. The lowest BCUT2D eigenvalue weighted by atomic mass is 9.79. The van der Waals surface area contributed by atoms with Crippen LogP contribution in [-0.4, -0.2) is 23.0 Å². The third kappa shape index (κ3) is 3.69. The van der Waals surface area contributed by atoms with Crippen LogP contribution in [0, 0.1) is 9.39 Å². The standard InChI is InChI=1S/C22H21ClFIN2O3/c1-4-22(3,21(26)29)15-11-27(20(28)12-6-8-13(25)9-7-12)19-14(15)10-16(30-5-2)18(24)17(19)23/h6-11H,4-5H2,1-3H3,(H2,26,29). The van der Waals surface area contributed by atoms with Gasteiger partial charge in [0.2, 0.25) is 5.91 Å². The number of fused-ring (bicyclic) bond motifs is 1. The van der Waals surface area contributed by atoms with Gasteiger partial charge < -0.3 is 10.5 Å². The molecule has 2 aromatic carbocycles. The zero-order chi connectivity index (χ0) is 22.2. The number of amides is 1. The average molecular weight is 543 g/mol. The van der Waals surface area contributed by atoms with Gasteiger partial charge in [-0.05, 0) is 78.8 Å². The molecule has 0 aliphatic heterocycles. The van der Waals surface area contributed by atoms with Crippen LogP contribution in [0.3, 0.4) is 0 Å². The summed E-state index contributed by atoms with van der Waals surface area (Å²) in [6.45, 7) is 5.48. The molecule has 2 N–H and O–H groups in total. The molecule has 0 spiro atoms. The molecule has 3 rings (SSSR count). The number of carbonyl (C=O) groups is 2. The molecule has 0 radical (unpaired) electrons. The number of nitrogens with zero attached hydrogens (tertiary/aromatic N) is 1. The first-order valence-electron chi connectivity index (χ1n) is 9.42. The minimum Gasteiger partial charge on any atom is -0.491 e. The molecule has 5 nitrogen and oxygen atoms in total. The van der Waals surface area contributed by atoms with Gasteiger partial charge in [0.05, 0.1) is 17.5 Å². The Hall–Kier alpha value is -2.13. The molecule has 0 aliphatic carbocycles. The maximum absolute atomic E-state index is 14.9. The smallest absolute Gasteiger partial charge is 0.262 e. The van der Waals surface area contributed by atoms with E-state index in [2.05, 4.69) is 22.6 Å². The summed E-state index contributed by atoms with van der Waals surface area (Å²) >= 11 is 8.51. The summed E-state index contributed by atoms with van der Waals surface area (Å²) in [5.41, 5.74) is 5.70. The van der Waals surface area contributed by atoms with E-state index in [1.54, 1.807) is 38.1 Å². The number of benzene rings is 2. The van der Waals surface area contributed by atoms with Gasteiger partial charge in [0, 0.05) is 20.7 Å². The zero-order valence-corrected chi connectivity index (χ0v) is 19.7. The lowest BCUT2D eigenvalue weighted by Gasteiger charge is -2.24. The molecule has 8 heteroatoms. The van der Waals surface area contributed by atoms with Crippen molar-refractivity contribution in [3.8, 4) is 5.75 Å². The number of nitrogens with two attached hydrogens (primary N) is 1. The molecule has 0 fully saturated rings. The fourth-order valence-electron chi connectivity index (χ4n) is 3.39. The van der Waals surface area contributed by atoms with E-state index < -0.39 is 23.0 Å². The van der Waals surface area contributed by atoms with Crippen molar-refractivity contribution in [1.82, 2.24) is 4.57 Å². The third-order valence-electron chi connectivity index (χ3n) is 5.39. The van der Waals surface area contributed by atoms with E-state index in [0.717, 1.165) is 3.57 Å². The van der Waals surface area contributed by atoms with E-state index in [4.69, 9.17) is 22.1 Å². The SMILES string of the molecule is CCOc1cc2c(C(C)(CC)C(N)=O)cn(C(=O)c3ccc(I)cc3)c2c(Cl)c1F. The van der Waals surface area contributed by atoms with Gasteiger partial charge in [-0.2, -0.15) is 0 Å². The fourth-order valence-corrected chi connectivity index (χ4v) is 4.03. The van der Waals surface area contributed by atoms with Gasteiger partial charge in [-0.25, -0.2) is 4.39 Å². The maximum Gasteiger partial charge on any atom is 0.262 e. The Morgan fingerprint density at radius 1 is 1.27 bits per heavy atom. The number of carbonyl (C=O) groups excluding carboxylic acids is 2. The number of primary amides is 1. The summed E-state index contributed by atoms with van der Waals surface area (Å²) in [6.07, 6.45) is 1.92. The molecule has 1 amide bonds. The van der Waals surface area contributed by atoms with Gasteiger partial charge in [-0.1, -0.05) is 18.5 Å². The van der Waals surface area contributed by atoms with Crippen LogP contribution in [0.1, 0.15) is 43.1 Å². The van der Waals surface area contributed by atoms with Crippen LogP contribution >= 0.6 is 34.2 Å². The molecule has 3 aromatic rings. The second-order valence-electron chi connectivity index (χ2n) is 7.11. The van der Waals surface area contributed by atoms with E-state index in [1.165, 1.54) is 16.8 Å². The molecular formula is C22H21ClFIN2O3. The first-order chi connectivity index (χ1) is 14.2. The fraction of sp³-hybridized carbons (Fsp3) is 0.273. The second-order valence-corrected chi connectivity index (χ2v) is 8.73. The highest BCUT2D eigenvalue weighted by Crippen LogP contribution is 2.41. The molecule has 1 unspecified atom stereocenters. The minimum atomic E-state index is -1.08. The second kappa shape index (κ2) is 8.55. The average Bonchev–Trinajstić information content (AvgIpc) is 3.11. The Kier molecular flexibility index (Phi) is 6.43. The van der Waals surface area contributed by atoms with E-state index in [1.807, 2.05) is 6.92 Å². The Labute approximate surface area is 192 Å². The van der Waals surface area contributed by atoms with Crippen molar-refractivity contribution in [3.05, 3.63) is 62.1 Å². The normalized spacial score (nSPS) is 13.3. The van der Waals surface area contributed by atoms with Crippen molar-refractivity contribution in [2.75, 3.05) is 6.61 Å². The van der Waals surface area contributed by atoms with Crippen LogP contribution in [0.4, 0.5) is 4.39 Å². The van der Waals surface area contributed by atoms with Gasteiger partial charge in [0.15, 0.2) is 11.6 Å². The number of rotatable bonds is 6. The maximum atomic E-state index is 14.9. The molecule has 1 heterocycles. The van der Waals surface area contributed by atoms with Gasteiger partial charge >= 0.3 is 0 Å². The Morgan fingerprint density at radius 3 is 2.43 bits per heavy atom. The number of hydrogen-bond acceptors (Lipinski definition) is 3. The van der Waals surface area contributed by atoms with Crippen LogP contribution in [0.5, 0.6) is 5.75 Å². The van der Waals surface area contributed by atoms with Gasteiger partial charge in [-0.3, -0.25) is 14.2 Å². The third-order valence-corrected chi connectivity index (χ3v) is 6.46. The summed E-state index contributed by atoms with van der Waals surface area (Å²) in [5.74, 6) is -1.75. The van der Waals surface area contributed by atoms with Crippen LogP contribution in [-0.2, 0) is 10.2 Å². The quantitative estimate of drug-likeness (QED) is 0.431.